The van der Waals surface area contributed by atoms with E-state index in [4.69, 9.17) is 4.74 Å². The number of rotatable bonds is 7. The smallest absolute Gasteiger partial charge is 0.165 e. The van der Waals surface area contributed by atoms with Crippen LogP contribution in [0.1, 0.15) is 37.4 Å². The van der Waals surface area contributed by atoms with Crippen molar-refractivity contribution in [2.24, 2.45) is 0 Å². The fourth-order valence-corrected chi connectivity index (χ4v) is 3.38. The van der Waals surface area contributed by atoms with Crippen LogP contribution in [0.2, 0.25) is 0 Å². The van der Waals surface area contributed by atoms with Gasteiger partial charge in [0.05, 0.1) is 6.54 Å². The maximum atomic E-state index is 14.0. The standard InChI is InChI=1S/C21H28FN3O2/c1-4-23-21(26)15(3)16-6-8-17(9-7-16)27-18-11-12-25(13-18)20-19(22)10-5-14(2)24-20/h5-10,15,18,21,23,26H,4,11-13H2,1-3H3. The molecular weight excluding hydrogens is 345 g/mol. The lowest BCUT2D eigenvalue weighted by atomic mass is 9.99. The first-order valence-electron chi connectivity index (χ1n) is 9.54. The van der Waals surface area contributed by atoms with Gasteiger partial charge in [-0.15, -0.1) is 0 Å². The molecule has 1 aliphatic rings. The van der Waals surface area contributed by atoms with E-state index in [-0.39, 0.29) is 17.8 Å². The summed E-state index contributed by atoms with van der Waals surface area (Å²) in [5.41, 5.74) is 1.86. The van der Waals surface area contributed by atoms with Crippen LogP contribution < -0.4 is 15.0 Å². The second-order valence-corrected chi connectivity index (χ2v) is 7.09. The molecule has 0 aliphatic carbocycles. The lowest BCUT2D eigenvalue weighted by Crippen LogP contribution is -2.33. The number of hydrogen-bond acceptors (Lipinski definition) is 5. The van der Waals surface area contributed by atoms with Crippen LogP contribution in [0, 0.1) is 12.7 Å². The average molecular weight is 373 g/mol. The topological polar surface area (TPSA) is 57.6 Å². The molecular formula is C21H28FN3O2. The molecule has 1 aromatic carbocycles. The highest BCUT2D eigenvalue weighted by Crippen LogP contribution is 2.26. The van der Waals surface area contributed by atoms with E-state index in [2.05, 4.69) is 10.3 Å². The van der Waals surface area contributed by atoms with Crippen molar-refractivity contribution in [3.8, 4) is 5.75 Å². The van der Waals surface area contributed by atoms with Gasteiger partial charge in [0.2, 0.25) is 0 Å². The Morgan fingerprint density at radius 2 is 2.04 bits per heavy atom. The molecule has 2 aromatic rings. The third-order valence-electron chi connectivity index (χ3n) is 5.01. The lowest BCUT2D eigenvalue weighted by Gasteiger charge is -2.21. The van der Waals surface area contributed by atoms with Gasteiger partial charge in [0, 0.05) is 24.6 Å². The number of benzene rings is 1. The van der Waals surface area contributed by atoms with Crippen molar-refractivity contribution < 1.29 is 14.2 Å². The fraction of sp³-hybridized carbons (Fsp3) is 0.476. The second-order valence-electron chi connectivity index (χ2n) is 7.09. The van der Waals surface area contributed by atoms with Gasteiger partial charge in [0.15, 0.2) is 11.6 Å². The van der Waals surface area contributed by atoms with Gasteiger partial charge in [-0.2, -0.15) is 0 Å². The first kappa shape index (κ1) is 19.6. The third-order valence-corrected chi connectivity index (χ3v) is 5.01. The summed E-state index contributed by atoms with van der Waals surface area (Å²) in [5.74, 6) is 0.895. The Balaban J connectivity index is 1.59. The number of aromatic nitrogens is 1. The minimum absolute atomic E-state index is 0.00216. The molecule has 3 atom stereocenters. The molecule has 0 bridgehead atoms. The summed E-state index contributed by atoms with van der Waals surface area (Å²) in [6.45, 7) is 7.88. The Morgan fingerprint density at radius 3 is 2.74 bits per heavy atom. The molecule has 0 radical (unpaired) electrons. The van der Waals surface area contributed by atoms with Gasteiger partial charge >= 0.3 is 0 Å². The number of ether oxygens (including phenoxy) is 1. The van der Waals surface area contributed by atoms with Crippen molar-refractivity contribution in [3.05, 3.63) is 53.5 Å². The number of nitrogens with one attached hydrogen (secondary N) is 1. The van der Waals surface area contributed by atoms with Crippen molar-refractivity contribution >= 4 is 5.82 Å². The van der Waals surface area contributed by atoms with Gasteiger partial charge in [0.25, 0.3) is 0 Å². The molecule has 3 unspecified atom stereocenters. The Hall–Kier alpha value is -2.18. The number of anilines is 1. The Kier molecular flexibility index (Phi) is 6.29. The van der Waals surface area contributed by atoms with E-state index in [1.807, 2.05) is 49.9 Å². The number of pyridine rings is 1. The maximum absolute atomic E-state index is 14.0. The first-order valence-corrected chi connectivity index (χ1v) is 9.54. The van der Waals surface area contributed by atoms with Gasteiger partial charge < -0.3 is 14.7 Å². The van der Waals surface area contributed by atoms with Crippen LogP contribution in [0.25, 0.3) is 0 Å². The van der Waals surface area contributed by atoms with E-state index < -0.39 is 6.23 Å². The molecule has 1 aliphatic heterocycles. The Morgan fingerprint density at radius 1 is 1.30 bits per heavy atom. The van der Waals surface area contributed by atoms with E-state index in [0.29, 0.717) is 12.4 Å². The predicted molar refractivity (Wildman–Crippen MR) is 105 cm³/mol. The summed E-state index contributed by atoms with van der Waals surface area (Å²) in [4.78, 5) is 6.27. The molecule has 1 saturated heterocycles. The van der Waals surface area contributed by atoms with Crippen LogP contribution in [0.15, 0.2) is 36.4 Å². The molecule has 0 spiro atoms. The van der Waals surface area contributed by atoms with Crippen LogP contribution in [-0.2, 0) is 0 Å². The van der Waals surface area contributed by atoms with Crippen LogP contribution in [0.4, 0.5) is 10.2 Å². The highest BCUT2D eigenvalue weighted by Gasteiger charge is 2.27. The Labute approximate surface area is 160 Å². The molecule has 27 heavy (non-hydrogen) atoms. The van der Waals surface area contributed by atoms with Crippen molar-refractivity contribution in [2.75, 3.05) is 24.5 Å². The monoisotopic (exact) mass is 373 g/mol. The van der Waals surface area contributed by atoms with Crippen molar-refractivity contribution in [2.45, 2.75) is 45.4 Å². The van der Waals surface area contributed by atoms with Gasteiger partial charge in [-0.05, 0) is 43.3 Å². The summed E-state index contributed by atoms with van der Waals surface area (Å²) in [5, 5.41) is 13.1. The molecule has 5 nitrogen and oxygen atoms in total. The summed E-state index contributed by atoms with van der Waals surface area (Å²) < 4.78 is 20.1. The molecule has 1 aromatic heterocycles. The number of aryl methyl sites for hydroxylation is 1. The highest BCUT2D eigenvalue weighted by molar-refractivity contribution is 5.42. The summed E-state index contributed by atoms with van der Waals surface area (Å²) in [6.07, 6.45) is 0.260. The average Bonchev–Trinajstić information content (AvgIpc) is 3.12. The summed E-state index contributed by atoms with van der Waals surface area (Å²) in [7, 11) is 0. The van der Waals surface area contributed by atoms with Gasteiger partial charge in [-0.1, -0.05) is 26.0 Å². The summed E-state index contributed by atoms with van der Waals surface area (Å²) >= 11 is 0. The minimum atomic E-state index is -0.568. The van der Waals surface area contributed by atoms with Crippen LogP contribution in [0.3, 0.4) is 0 Å². The number of aliphatic hydroxyl groups is 1. The molecule has 2 N–H and O–H groups in total. The highest BCUT2D eigenvalue weighted by atomic mass is 19.1. The second kappa shape index (κ2) is 8.67. The first-order chi connectivity index (χ1) is 13.0. The molecule has 0 amide bonds. The number of hydrogen-bond donors (Lipinski definition) is 2. The van der Waals surface area contributed by atoms with Gasteiger partial charge in [-0.25, -0.2) is 9.37 Å². The summed E-state index contributed by atoms with van der Waals surface area (Å²) in [6, 6.07) is 11.0. The van der Waals surface area contributed by atoms with Gasteiger partial charge in [-0.3, -0.25) is 5.32 Å². The lowest BCUT2D eigenvalue weighted by molar-refractivity contribution is 0.115. The number of halogens is 1. The van der Waals surface area contributed by atoms with Crippen molar-refractivity contribution in [3.63, 3.8) is 0 Å². The largest absolute Gasteiger partial charge is 0.489 e. The van der Waals surface area contributed by atoms with E-state index in [1.54, 1.807) is 6.07 Å². The quantitative estimate of drug-likeness (QED) is 0.730. The zero-order valence-corrected chi connectivity index (χ0v) is 16.2. The predicted octanol–water partition coefficient (Wildman–Crippen LogP) is 3.22. The molecule has 6 heteroatoms. The van der Waals surface area contributed by atoms with E-state index in [1.165, 1.54) is 6.07 Å². The van der Waals surface area contributed by atoms with Crippen LogP contribution >= 0.6 is 0 Å². The van der Waals surface area contributed by atoms with Crippen molar-refractivity contribution in [1.82, 2.24) is 10.3 Å². The molecule has 1 fully saturated rings. The van der Waals surface area contributed by atoms with E-state index >= 15 is 0 Å². The van der Waals surface area contributed by atoms with E-state index in [9.17, 15) is 9.50 Å². The zero-order valence-electron chi connectivity index (χ0n) is 16.2. The zero-order chi connectivity index (χ0) is 19.4. The van der Waals surface area contributed by atoms with Crippen molar-refractivity contribution in [1.29, 1.82) is 0 Å². The Bertz CT molecular complexity index is 754. The molecule has 0 saturated carbocycles. The number of nitrogens with zero attached hydrogens (tertiary/aromatic N) is 2. The minimum Gasteiger partial charge on any atom is -0.489 e. The fourth-order valence-electron chi connectivity index (χ4n) is 3.38. The van der Waals surface area contributed by atoms with E-state index in [0.717, 1.165) is 36.5 Å². The molecule has 3 rings (SSSR count). The molecule has 146 valence electrons. The third kappa shape index (κ3) is 4.76. The maximum Gasteiger partial charge on any atom is 0.165 e. The number of likely N-dealkylation sites (N-methyl/N-ethyl adjacent to an activating group) is 1. The van der Waals surface area contributed by atoms with Gasteiger partial charge in [0.1, 0.15) is 18.1 Å². The number of aliphatic hydroxyl groups excluding tert-OH is 1. The molecule has 2 heterocycles. The van der Waals surface area contributed by atoms with Crippen LogP contribution in [0.5, 0.6) is 5.75 Å². The normalized spacial score (nSPS) is 19.1. The SMILES string of the molecule is CCNC(O)C(C)c1ccc(OC2CCN(c3nc(C)ccc3F)C2)cc1. The van der Waals surface area contributed by atoms with Crippen LogP contribution in [-0.4, -0.2) is 42.1 Å².